The van der Waals surface area contributed by atoms with Gasteiger partial charge in [0.2, 0.25) is 0 Å². The molecular weight excluding hydrogens is 260 g/mol. The highest BCUT2D eigenvalue weighted by molar-refractivity contribution is 5.66. The largest absolute Gasteiger partial charge is 0.339 e. The van der Waals surface area contributed by atoms with Crippen molar-refractivity contribution in [3.63, 3.8) is 0 Å². The fourth-order valence-electron chi connectivity index (χ4n) is 3.54. The van der Waals surface area contributed by atoms with Crippen LogP contribution in [-0.2, 0) is 6.42 Å². The predicted molar refractivity (Wildman–Crippen MR) is 85.1 cm³/mol. The van der Waals surface area contributed by atoms with Gasteiger partial charge in [-0.25, -0.2) is 0 Å². The lowest BCUT2D eigenvalue weighted by Crippen LogP contribution is -2.29. The van der Waals surface area contributed by atoms with Crippen LogP contribution in [-0.4, -0.2) is 29.4 Å². The van der Waals surface area contributed by atoms with Crippen molar-refractivity contribution in [3.05, 3.63) is 42.2 Å². The summed E-state index contributed by atoms with van der Waals surface area (Å²) in [6.45, 7) is 3.30. The average molecular weight is 282 g/mol. The number of anilines is 2. The number of hydrogen-bond acceptors (Lipinski definition) is 3. The highest BCUT2D eigenvalue weighted by Crippen LogP contribution is 2.33. The Balaban J connectivity index is 1.61. The smallest absolute Gasteiger partial charge is 0.0797 e. The molecule has 2 aromatic rings. The molecule has 1 N–H and O–H groups in total. The van der Waals surface area contributed by atoms with E-state index in [-0.39, 0.29) is 0 Å². The first-order valence-corrected chi connectivity index (χ1v) is 8.02. The zero-order chi connectivity index (χ0) is 14.1. The van der Waals surface area contributed by atoms with Gasteiger partial charge in [-0.3, -0.25) is 4.68 Å². The van der Waals surface area contributed by atoms with Crippen LogP contribution in [0.1, 0.15) is 30.9 Å². The highest BCUT2D eigenvalue weighted by Gasteiger charge is 2.21. The van der Waals surface area contributed by atoms with E-state index in [1.165, 1.54) is 42.6 Å². The van der Waals surface area contributed by atoms with Crippen LogP contribution in [0.25, 0.3) is 0 Å². The van der Waals surface area contributed by atoms with Gasteiger partial charge in [-0.15, -0.1) is 0 Å². The van der Waals surface area contributed by atoms with Gasteiger partial charge in [-0.1, -0.05) is 18.2 Å². The van der Waals surface area contributed by atoms with Crippen LogP contribution in [0.2, 0.25) is 0 Å². The molecule has 0 unspecified atom stereocenters. The highest BCUT2D eigenvalue weighted by atomic mass is 15.3. The first-order chi connectivity index (χ1) is 10.4. The van der Waals surface area contributed by atoms with Gasteiger partial charge >= 0.3 is 0 Å². The predicted octanol–water partition coefficient (Wildman–Crippen LogP) is 2.89. The zero-order valence-corrected chi connectivity index (χ0v) is 12.3. The fraction of sp³-hybridized carbons (Fsp3) is 0.471. The van der Waals surface area contributed by atoms with E-state index in [0.717, 1.165) is 19.6 Å². The van der Waals surface area contributed by atoms with Crippen LogP contribution in [0.5, 0.6) is 0 Å². The van der Waals surface area contributed by atoms with Gasteiger partial charge in [0.15, 0.2) is 0 Å². The van der Waals surface area contributed by atoms with E-state index in [4.69, 9.17) is 0 Å². The van der Waals surface area contributed by atoms with Crippen LogP contribution in [0.4, 0.5) is 11.4 Å². The van der Waals surface area contributed by atoms with Crippen molar-refractivity contribution in [1.82, 2.24) is 15.1 Å². The van der Waals surface area contributed by atoms with Crippen LogP contribution in [0.3, 0.4) is 0 Å². The molecule has 1 aromatic heterocycles. The Morgan fingerprint density at radius 1 is 1.14 bits per heavy atom. The molecule has 1 aromatic carbocycles. The van der Waals surface area contributed by atoms with Crippen LogP contribution < -0.4 is 10.2 Å². The van der Waals surface area contributed by atoms with E-state index in [1.54, 1.807) is 0 Å². The molecule has 2 aliphatic rings. The normalized spacial score (nSPS) is 19.5. The molecule has 0 bridgehead atoms. The maximum absolute atomic E-state index is 4.64. The van der Waals surface area contributed by atoms with E-state index in [2.05, 4.69) is 50.5 Å². The van der Waals surface area contributed by atoms with Crippen molar-refractivity contribution in [3.8, 4) is 0 Å². The summed E-state index contributed by atoms with van der Waals surface area (Å²) in [5.74, 6) is 0. The van der Waals surface area contributed by atoms with Crippen molar-refractivity contribution < 1.29 is 0 Å². The summed E-state index contributed by atoms with van der Waals surface area (Å²) in [5.41, 5.74) is 4.05. The van der Waals surface area contributed by atoms with Gasteiger partial charge in [0.05, 0.1) is 17.9 Å². The number of rotatable bonds is 2. The van der Waals surface area contributed by atoms with Gasteiger partial charge in [0.25, 0.3) is 0 Å². The molecule has 1 fully saturated rings. The second-order valence-corrected chi connectivity index (χ2v) is 6.04. The van der Waals surface area contributed by atoms with Crippen molar-refractivity contribution in [1.29, 1.82) is 0 Å². The number of benzene rings is 1. The van der Waals surface area contributed by atoms with E-state index < -0.39 is 0 Å². The van der Waals surface area contributed by atoms with Crippen molar-refractivity contribution in [2.24, 2.45) is 0 Å². The Kier molecular flexibility index (Phi) is 3.39. The lowest BCUT2D eigenvalue weighted by atomic mass is 10.0. The van der Waals surface area contributed by atoms with Crippen LogP contribution >= 0.6 is 0 Å². The first-order valence-electron chi connectivity index (χ1n) is 8.02. The number of aromatic nitrogens is 2. The van der Waals surface area contributed by atoms with Crippen molar-refractivity contribution in [2.75, 3.05) is 24.5 Å². The molecule has 4 heteroatoms. The van der Waals surface area contributed by atoms with Crippen molar-refractivity contribution >= 4 is 11.4 Å². The van der Waals surface area contributed by atoms with Crippen LogP contribution in [0, 0.1) is 0 Å². The Hall–Kier alpha value is -1.81. The molecule has 4 nitrogen and oxygen atoms in total. The van der Waals surface area contributed by atoms with Gasteiger partial charge in [0.1, 0.15) is 0 Å². The standard InChI is InChI=1S/C17H22N4/c1-2-6-17-14(4-1)5-3-11-20(17)16-12-19-21(13-16)15-7-9-18-10-8-15/h1-2,4,6,12-13,15,18H,3,5,7-11H2. The van der Waals surface area contributed by atoms with Gasteiger partial charge < -0.3 is 10.2 Å². The topological polar surface area (TPSA) is 33.1 Å². The minimum absolute atomic E-state index is 0.556. The quantitative estimate of drug-likeness (QED) is 0.919. The molecule has 2 aliphatic heterocycles. The number of para-hydroxylation sites is 1. The molecule has 110 valence electrons. The monoisotopic (exact) mass is 282 g/mol. The van der Waals surface area contributed by atoms with E-state index >= 15 is 0 Å². The summed E-state index contributed by atoms with van der Waals surface area (Å²) >= 11 is 0. The Morgan fingerprint density at radius 3 is 2.90 bits per heavy atom. The van der Waals surface area contributed by atoms with E-state index in [9.17, 15) is 0 Å². The molecule has 0 amide bonds. The molecular formula is C17H22N4. The summed E-state index contributed by atoms with van der Waals surface area (Å²) in [6, 6.07) is 9.31. The van der Waals surface area contributed by atoms with Crippen molar-refractivity contribution in [2.45, 2.75) is 31.7 Å². The Morgan fingerprint density at radius 2 is 2.00 bits per heavy atom. The lowest BCUT2D eigenvalue weighted by molar-refractivity contribution is 0.343. The molecule has 3 heterocycles. The molecule has 0 aliphatic carbocycles. The molecule has 4 rings (SSSR count). The number of aryl methyl sites for hydroxylation is 1. The Bertz CT molecular complexity index is 613. The number of nitrogens with zero attached hydrogens (tertiary/aromatic N) is 3. The average Bonchev–Trinajstić information content (AvgIpc) is 3.05. The molecule has 1 saturated heterocycles. The maximum atomic E-state index is 4.64. The third kappa shape index (κ3) is 2.44. The Labute approximate surface area is 125 Å². The zero-order valence-electron chi connectivity index (χ0n) is 12.3. The first kappa shape index (κ1) is 12.9. The third-order valence-electron chi connectivity index (χ3n) is 4.69. The minimum Gasteiger partial charge on any atom is -0.339 e. The van der Waals surface area contributed by atoms with Crippen LogP contribution in [0.15, 0.2) is 36.7 Å². The van der Waals surface area contributed by atoms with E-state index in [0.29, 0.717) is 6.04 Å². The second kappa shape index (κ2) is 5.53. The summed E-state index contributed by atoms with van der Waals surface area (Å²) in [4.78, 5) is 2.42. The summed E-state index contributed by atoms with van der Waals surface area (Å²) in [5, 5.41) is 8.05. The van der Waals surface area contributed by atoms with Gasteiger partial charge in [-0.05, 0) is 50.4 Å². The molecule has 21 heavy (non-hydrogen) atoms. The number of piperidine rings is 1. The van der Waals surface area contributed by atoms with Gasteiger partial charge in [0, 0.05) is 18.4 Å². The summed E-state index contributed by atoms with van der Waals surface area (Å²) < 4.78 is 2.17. The summed E-state index contributed by atoms with van der Waals surface area (Å²) in [6.07, 6.45) is 9.03. The minimum atomic E-state index is 0.556. The maximum Gasteiger partial charge on any atom is 0.0797 e. The fourth-order valence-corrected chi connectivity index (χ4v) is 3.54. The molecule has 0 spiro atoms. The molecule has 0 radical (unpaired) electrons. The SMILES string of the molecule is c1ccc2c(c1)CCCN2c1cnn(C2CCNCC2)c1. The lowest BCUT2D eigenvalue weighted by Gasteiger charge is -2.30. The molecule has 0 saturated carbocycles. The third-order valence-corrected chi connectivity index (χ3v) is 4.69. The number of hydrogen-bond donors (Lipinski definition) is 1. The molecule has 0 atom stereocenters. The second-order valence-electron chi connectivity index (χ2n) is 6.04. The van der Waals surface area contributed by atoms with E-state index in [1.807, 2.05) is 6.20 Å². The number of nitrogens with one attached hydrogen (secondary N) is 1. The van der Waals surface area contributed by atoms with Gasteiger partial charge in [-0.2, -0.15) is 5.10 Å². The number of fused-ring (bicyclic) bond motifs is 1. The summed E-state index contributed by atoms with van der Waals surface area (Å²) in [7, 11) is 0.